The van der Waals surface area contributed by atoms with Crippen molar-refractivity contribution < 1.29 is 19.1 Å². The van der Waals surface area contributed by atoms with Gasteiger partial charge >= 0.3 is 5.97 Å². The summed E-state index contributed by atoms with van der Waals surface area (Å²) in [4.78, 5) is 28.6. The lowest BCUT2D eigenvalue weighted by Crippen LogP contribution is -2.47. The van der Waals surface area contributed by atoms with Crippen LogP contribution in [0.25, 0.3) is 5.76 Å². The number of benzene rings is 2. The molecular formula is C23H18BrN3O4. The largest absolute Gasteiger partial charge is 0.462 e. The highest BCUT2D eigenvalue weighted by Crippen LogP contribution is 2.55. The Morgan fingerprint density at radius 3 is 2.65 bits per heavy atom. The van der Waals surface area contributed by atoms with Crippen molar-refractivity contribution in [1.82, 2.24) is 0 Å². The Labute approximate surface area is 187 Å². The van der Waals surface area contributed by atoms with Crippen molar-refractivity contribution in [2.45, 2.75) is 12.3 Å². The topological polar surface area (TPSA) is 106 Å². The minimum Gasteiger partial charge on any atom is -0.462 e. The zero-order valence-electron chi connectivity index (χ0n) is 16.8. The molecule has 2 aliphatic heterocycles. The van der Waals surface area contributed by atoms with Crippen LogP contribution in [0.2, 0.25) is 0 Å². The van der Waals surface area contributed by atoms with E-state index in [4.69, 9.17) is 15.2 Å². The monoisotopic (exact) mass is 479 g/mol. The lowest BCUT2D eigenvalue weighted by atomic mass is 9.67. The summed E-state index contributed by atoms with van der Waals surface area (Å²) in [5, 5.41) is 10.0. The number of hydrogen-bond donors (Lipinski definition) is 1. The van der Waals surface area contributed by atoms with Gasteiger partial charge in [-0.2, -0.15) is 5.26 Å². The van der Waals surface area contributed by atoms with Crippen LogP contribution in [-0.2, 0) is 24.5 Å². The van der Waals surface area contributed by atoms with Crippen LogP contribution in [-0.4, -0.2) is 25.5 Å². The molecule has 0 saturated carbocycles. The quantitative estimate of drug-likeness (QED) is 0.676. The third kappa shape index (κ3) is 2.85. The third-order valence-electron chi connectivity index (χ3n) is 5.41. The number of halogens is 1. The third-order valence-corrected chi connectivity index (χ3v) is 5.91. The van der Waals surface area contributed by atoms with Crippen LogP contribution >= 0.6 is 15.9 Å². The van der Waals surface area contributed by atoms with E-state index >= 15 is 0 Å². The average molecular weight is 480 g/mol. The summed E-state index contributed by atoms with van der Waals surface area (Å²) in [6, 6.07) is 16.1. The first-order valence-corrected chi connectivity index (χ1v) is 10.3. The number of esters is 1. The van der Waals surface area contributed by atoms with Crippen molar-refractivity contribution in [2.24, 2.45) is 5.73 Å². The molecule has 8 heteroatoms. The van der Waals surface area contributed by atoms with Gasteiger partial charge in [0.15, 0.2) is 5.41 Å². The van der Waals surface area contributed by atoms with Crippen molar-refractivity contribution in [3.63, 3.8) is 0 Å². The maximum atomic E-state index is 13.8. The van der Waals surface area contributed by atoms with Gasteiger partial charge in [-0.3, -0.25) is 4.79 Å². The summed E-state index contributed by atoms with van der Waals surface area (Å²) >= 11 is 3.44. The van der Waals surface area contributed by atoms with Crippen molar-refractivity contribution in [2.75, 3.05) is 18.6 Å². The second-order valence-corrected chi connectivity index (χ2v) is 7.94. The highest BCUT2D eigenvalue weighted by Gasteiger charge is 2.62. The second-order valence-electron chi connectivity index (χ2n) is 7.02. The highest BCUT2D eigenvalue weighted by atomic mass is 79.9. The lowest BCUT2D eigenvalue weighted by molar-refractivity contribution is -0.140. The summed E-state index contributed by atoms with van der Waals surface area (Å²) in [6.07, 6.45) is 0. The van der Waals surface area contributed by atoms with E-state index in [1.165, 1.54) is 4.90 Å². The summed E-state index contributed by atoms with van der Waals surface area (Å²) < 4.78 is 11.8. The first-order chi connectivity index (χ1) is 14.9. The second kappa shape index (κ2) is 7.60. The van der Waals surface area contributed by atoms with Crippen LogP contribution in [0.5, 0.6) is 0 Å². The number of amides is 1. The fourth-order valence-corrected chi connectivity index (χ4v) is 4.49. The number of anilines is 1. The van der Waals surface area contributed by atoms with Crippen LogP contribution in [0, 0.1) is 11.3 Å². The molecule has 1 atom stereocenters. The molecule has 0 radical (unpaired) electrons. The number of hydrogen-bond acceptors (Lipinski definition) is 6. The molecule has 0 saturated heterocycles. The minimum atomic E-state index is -1.79. The SMILES string of the molecule is CCOC(=O)C1=C(c2ccccc2)OC(N)=C(C#N)C12C(=O)N(C)c1ccc(Br)cc12. The van der Waals surface area contributed by atoms with Gasteiger partial charge in [-0.25, -0.2) is 4.79 Å². The van der Waals surface area contributed by atoms with Gasteiger partial charge in [-0.1, -0.05) is 46.3 Å². The molecule has 1 spiro atoms. The predicted octanol–water partition coefficient (Wildman–Crippen LogP) is 3.36. The van der Waals surface area contributed by atoms with Crippen LogP contribution in [0.1, 0.15) is 18.1 Å². The predicted molar refractivity (Wildman–Crippen MR) is 117 cm³/mol. The lowest BCUT2D eigenvalue weighted by Gasteiger charge is -2.35. The summed E-state index contributed by atoms with van der Waals surface area (Å²) in [6.45, 7) is 1.75. The molecule has 0 bridgehead atoms. The normalized spacial score (nSPS) is 19.9. The van der Waals surface area contributed by atoms with E-state index in [1.54, 1.807) is 56.4 Å². The summed E-state index contributed by atoms with van der Waals surface area (Å²) in [5.74, 6) is -1.38. The number of nitrogens with zero attached hydrogens (tertiary/aromatic N) is 2. The standard InChI is InChI=1S/C23H18BrN3O4/c1-3-30-21(28)18-19(13-7-5-4-6-8-13)31-20(26)16(12-25)23(18)15-11-14(24)9-10-17(15)27(2)22(23)29/h4-11H,3,26H2,1-2H3. The fourth-order valence-electron chi connectivity index (χ4n) is 4.13. The number of rotatable bonds is 3. The Balaban J connectivity index is 2.18. The van der Waals surface area contributed by atoms with Crippen LogP contribution in [0.3, 0.4) is 0 Å². The molecule has 4 rings (SSSR count). The van der Waals surface area contributed by atoms with E-state index in [-0.39, 0.29) is 29.4 Å². The summed E-state index contributed by atoms with van der Waals surface area (Å²) in [7, 11) is 1.59. The molecule has 1 unspecified atom stereocenters. The van der Waals surface area contributed by atoms with Crippen molar-refractivity contribution in [1.29, 1.82) is 5.26 Å². The van der Waals surface area contributed by atoms with Crippen molar-refractivity contribution in [3.8, 4) is 6.07 Å². The maximum Gasteiger partial charge on any atom is 0.339 e. The van der Waals surface area contributed by atoms with E-state index in [9.17, 15) is 14.9 Å². The number of ether oxygens (including phenoxy) is 2. The van der Waals surface area contributed by atoms with Gasteiger partial charge in [0.2, 0.25) is 11.8 Å². The number of nitrogens with two attached hydrogens (primary N) is 1. The van der Waals surface area contributed by atoms with Gasteiger partial charge < -0.3 is 20.1 Å². The number of carbonyl (C=O) groups is 2. The molecule has 2 aromatic rings. The molecule has 0 aromatic heterocycles. The fraction of sp³-hybridized carbons (Fsp3) is 0.174. The van der Waals surface area contributed by atoms with Gasteiger partial charge in [0.05, 0.1) is 6.61 Å². The molecule has 156 valence electrons. The molecule has 7 nitrogen and oxygen atoms in total. The summed E-state index contributed by atoms with van der Waals surface area (Å²) in [5.41, 5.74) is 5.71. The van der Waals surface area contributed by atoms with Crippen molar-refractivity contribution in [3.05, 3.63) is 81.2 Å². The van der Waals surface area contributed by atoms with Crippen LogP contribution < -0.4 is 10.6 Å². The Morgan fingerprint density at radius 2 is 2.00 bits per heavy atom. The minimum absolute atomic E-state index is 0.0694. The molecule has 0 aliphatic carbocycles. The Hall–Kier alpha value is -3.57. The molecule has 1 amide bonds. The molecule has 2 heterocycles. The molecule has 31 heavy (non-hydrogen) atoms. The molecule has 2 aromatic carbocycles. The number of carbonyl (C=O) groups excluding carboxylic acids is 2. The van der Waals surface area contributed by atoms with E-state index in [0.717, 1.165) is 0 Å². The Morgan fingerprint density at radius 1 is 1.29 bits per heavy atom. The number of nitriles is 1. The van der Waals surface area contributed by atoms with Gasteiger partial charge in [-0.15, -0.1) is 0 Å². The van der Waals surface area contributed by atoms with E-state index in [0.29, 0.717) is 21.3 Å². The average Bonchev–Trinajstić information content (AvgIpc) is 2.96. The molecular weight excluding hydrogens is 462 g/mol. The first-order valence-electron chi connectivity index (χ1n) is 9.51. The van der Waals surface area contributed by atoms with Gasteiger partial charge in [-0.05, 0) is 25.1 Å². The zero-order valence-corrected chi connectivity index (χ0v) is 18.4. The highest BCUT2D eigenvalue weighted by molar-refractivity contribution is 9.10. The Kier molecular flexibility index (Phi) is 5.07. The smallest absolute Gasteiger partial charge is 0.339 e. The first kappa shape index (κ1) is 20.7. The van der Waals surface area contributed by atoms with E-state index in [2.05, 4.69) is 15.9 Å². The molecule has 2 N–H and O–H groups in total. The van der Waals surface area contributed by atoms with Gasteiger partial charge in [0.1, 0.15) is 23.0 Å². The van der Waals surface area contributed by atoms with Gasteiger partial charge in [0.25, 0.3) is 0 Å². The van der Waals surface area contributed by atoms with E-state index < -0.39 is 17.3 Å². The Bertz CT molecular complexity index is 1210. The number of fused-ring (bicyclic) bond motifs is 2. The van der Waals surface area contributed by atoms with Crippen LogP contribution in [0.15, 0.2) is 70.0 Å². The van der Waals surface area contributed by atoms with E-state index in [1.807, 2.05) is 12.1 Å². The molecule has 0 fully saturated rings. The zero-order chi connectivity index (χ0) is 22.3. The number of likely N-dealkylation sites (N-methyl/N-ethyl adjacent to an activating group) is 1. The van der Waals surface area contributed by atoms with Gasteiger partial charge in [0, 0.05) is 28.3 Å². The molecule has 2 aliphatic rings. The van der Waals surface area contributed by atoms with Crippen LogP contribution in [0.4, 0.5) is 5.69 Å². The van der Waals surface area contributed by atoms with Crippen molar-refractivity contribution >= 4 is 39.3 Å². The maximum absolute atomic E-state index is 13.8.